The number of halogens is 3. The van der Waals surface area contributed by atoms with E-state index in [1.54, 1.807) is 30.5 Å². The van der Waals surface area contributed by atoms with Crippen molar-refractivity contribution in [2.24, 2.45) is 0 Å². The number of hydrogen-bond acceptors (Lipinski definition) is 7. The van der Waals surface area contributed by atoms with Gasteiger partial charge in [-0.1, -0.05) is 12.1 Å². The summed E-state index contributed by atoms with van der Waals surface area (Å²) in [5.41, 5.74) is 7.64. The molecule has 0 spiro atoms. The van der Waals surface area contributed by atoms with Crippen molar-refractivity contribution in [2.45, 2.75) is 50.2 Å². The molecule has 1 aromatic carbocycles. The first-order valence-corrected chi connectivity index (χ1v) is 13.3. The van der Waals surface area contributed by atoms with Crippen LogP contribution in [0.15, 0.2) is 55.0 Å². The lowest BCUT2D eigenvalue weighted by Gasteiger charge is -2.23. The van der Waals surface area contributed by atoms with Crippen LogP contribution in [0.3, 0.4) is 0 Å². The number of benzene rings is 1. The Morgan fingerprint density at radius 3 is 2.51 bits per heavy atom. The molecule has 0 bridgehead atoms. The van der Waals surface area contributed by atoms with E-state index in [0.717, 1.165) is 68.0 Å². The van der Waals surface area contributed by atoms with Gasteiger partial charge in [0.1, 0.15) is 40.3 Å². The Morgan fingerprint density at radius 2 is 1.76 bits per heavy atom. The highest BCUT2D eigenvalue weighted by Gasteiger charge is 2.36. The van der Waals surface area contributed by atoms with Gasteiger partial charge in [0.15, 0.2) is 0 Å². The van der Waals surface area contributed by atoms with E-state index in [9.17, 15) is 18.0 Å². The maximum atomic E-state index is 13.0. The van der Waals surface area contributed by atoms with Gasteiger partial charge in [0.05, 0.1) is 11.5 Å². The lowest BCUT2D eigenvalue weighted by molar-refractivity contribution is -0.137. The highest BCUT2D eigenvalue weighted by molar-refractivity contribution is 6.04. The third-order valence-corrected chi connectivity index (χ3v) is 7.61. The number of nitrogen functional groups attached to an aromatic ring is 1. The molecule has 0 radical (unpaired) electrons. The Balaban J connectivity index is 1.21. The molecule has 1 atom stereocenters. The minimum absolute atomic E-state index is 0.0724. The maximum absolute atomic E-state index is 13.0. The Hall–Kier alpha value is -4.81. The van der Waals surface area contributed by atoms with E-state index >= 15 is 0 Å². The number of hydrogen-bond donors (Lipinski definition) is 2. The number of carbonyl (C=O) groups excluding carboxylic acids is 1. The molecule has 7 rings (SSSR count). The molecule has 13 heteroatoms. The zero-order chi connectivity index (χ0) is 28.3. The number of nitrogens with one attached hydrogen (secondary N) is 1. The monoisotopic (exact) mass is 559 g/mol. The van der Waals surface area contributed by atoms with Crippen molar-refractivity contribution < 1.29 is 18.0 Å². The number of anilines is 2. The summed E-state index contributed by atoms with van der Waals surface area (Å²) >= 11 is 0. The average molecular weight is 560 g/mol. The summed E-state index contributed by atoms with van der Waals surface area (Å²) in [6.45, 7) is 0.893. The number of pyridine rings is 1. The van der Waals surface area contributed by atoms with Gasteiger partial charge >= 0.3 is 6.18 Å². The molecule has 2 aliphatic rings. The fraction of sp³-hybridized carbons (Fsp3) is 0.286. The fourth-order valence-electron chi connectivity index (χ4n) is 5.46. The van der Waals surface area contributed by atoms with Gasteiger partial charge in [-0.3, -0.25) is 9.20 Å². The predicted octanol–water partition coefficient (Wildman–Crippen LogP) is 5.04. The van der Waals surface area contributed by atoms with E-state index in [1.165, 1.54) is 0 Å². The molecular weight excluding hydrogens is 535 g/mol. The lowest BCUT2D eigenvalue weighted by Crippen LogP contribution is -2.20. The fourth-order valence-corrected chi connectivity index (χ4v) is 5.46. The van der Waals surface area contributed by atoms with E-state index in [-0.39, 0.29) is 17.3 Å². The molecule has 10 nitrogen and oxygen atoms in total. The quantitative estimate of drug-likeness (QED) is 0.309. The number of amides is 1. The normalized spacial score (nSPS) is 17.0. The first-order valence-electron chi connectivity index (χ1n) is 13.3. The summed E-state index contributed by atoms with van der Waals surface area (Å²) < 4.78 is 43.3. The topological polar surface area (TPSA) is 129 Å². The maximum Gasteiger partial charge on any atom is 0.416 e. The summed E-state index contributed by atoms with van der Waals surface area (Å²) in [5.74, 6) is 2.70. The van der Waals surface area contributed by atoms with Crippen LogP contribution in [0.1, 0.15) is 70.9 Å². The van der Waals surface area contributed by atoms with Crippen LogP contribution >= 0.6 is 0 Å². The van der Waals surface area contributed by atoms with Crippen LogP contribution in [0.5, 0.6) is 0 Å². The number of nitrogens with two attached hydrogens (primary N) is 1. The molecule has 208 valence electrons. The van der Waals surface area contributed by atoms with Crippen LogP contribution in [0, 0.1) is 0 Å². The minimum atomic E-state index is -4.54. The number of imidazole rings is 1. The number of aromatic nitrogens is 7. The standard InChI is InChI=1S/C28H24F3N9O/c29-28(30,31)18-9-10-33-20(14-18)35-27(41)17-7-3-15(4-8-17)21-22-23(32)34-11-13-39(22)25(36-21)19-2-1-12-40-24(16-5-6-16)37-38-26(19)40/h3-4,7-11,13-14,16,19H,1-2,5-6,12H2,(H2,32,34)(H,33,35,41)/t19-/m1/s1. The zero-order valence-corrected chi connectivity index (χ0v) is 21.6. The van der Waals surface area contributed by atoms with Gasteiger partial charge in [-0.15, -0.1) is 10.2 Å². The highest BCUT2D eigenvalue weighted by Crippen LogP contribution is 2.43. The van der Waals surface area contributed by atoms with E-state index in [0.29, 0.717) is 28.5 Å². The van der Waals surface area contributed by atoms with Crippen LogP contribution in [-0.2, 0) is 12.7 Å². The summed E-state index contributed by atoms with van der Waals surface area (Å²) in [4.78, 5) is 25.9. The van der Waals surface area contributed by atoms with Crippen molar-refractivity contribution in [3.05, 3.63) is 83.6 Å². The second kappa shape index (κ2) is 9.39. The van der Waals surface area contributed by atoms with Gasteiger partial charge in [-0.05, 0) is 49.9 Å². The Labute approximate surface area is 231 Å². The predicted molar refractivity (Wildman–Crippen MR) is 143 cm³/mol. The molecule has 5 aromatic rings. The van der Waals surface area contributed by atoms with Gasteiger partial charge in [0.25, 0.3) is 5.91 Å². The van der Waals surface area contributed by atoms with E-state index in [1.807, 2.05) is 10.6 Å². The molecule has 1 amide bonds. The average Bonchev–Trinajstić information content (AvgIpc) is 3.59. The van der Waals surface area contributed by atoms with Gasteiger partial charge in [-0.2, -0.15) is 13.2 Å². The van der Waals surface area contributed by atoms with Crippen molar-refractivity contribution in [3.63, 3.8) is 0 Å². The second-order valence-corrected chi connectivity index (χ2v) is 10.3. The van der Waals surface area contributed by atoms with E-state index < -0.39 is 17.6 Å². The summed E-state index contributed by atoms with van der Waals surface area (Å²) in [7, 11) is 0. The van der Waals surface area contributed by atoms with Crippen LogP contribution in [0.25, 0.3) is 16.8 Å². The van der Waals surface area contributed by atoms with Crippen LogP contribution in [-0.4, -0.2) is 40.0 Å². The van der Waals surface area contributed by atoms with Crippen LogP contribution in [0.2, 0.25) is 0 Å². The zero-order valence-electron chi connectivity index (χ0n) is 21.6. The van der Waals surface area contributed by atoms with Crippen molar-refractivity contribution in [1.29, 1.82) is 0 Å². The number of rotatable bonds is 5. The first-order chi connectivity index (χ1) is 19.8. The van der Waals surface area contributed by atoms with Crippen molar-refractivity contribution >= 4 is 23.1 Å². The molecule has 5 heterocycles. The Kier molecular flexibility index (Phi) is 5.77. The van der Waals surface area contributed by atoms with Crippen LogP contribution < -0.4 is 11.1 Å². The highest BCUT2D eigenvalue weighted by atomic mass is 19.4. The van der Waals surface area contributed by atoms with Crippen molar-refractivity contribution in [1.82, 2.24) is 34.1 Å². The smallest absolute Gasteiger partial charge is 0.382 e. The number of nitrogens with zero attached hydrogens (tertiary/aromatic N) is 7. The van der Waals surface area contributed by atoms with Gasteiger partial charge in [-0.25, -0.2) is 15.0 Å². The number of alkyl halides is 3. The molecule has 1 saturated carbocycles. The number of fused-ring (bicyclic) bond motifs is 2. The minimum Gasteiger partial charge on any atom is -0.382 e. The first kappa shape index (κ1) is 25.2. The summed E-state index contributed by atoms with van der Waals surface area (Å²) in [6, 6.07) is 8.24. The van der Waals surface area contributed by atoms with Gasteiger partial charge in [0.2, 0.25) is 0 Å². The summed E-state index contributed by atoms with van der Waals surface area (Å²) in [5, 5.41) is 11.5. The van der Waals surface area contributed by atoms with Gasteiger partial charge < -0.3 is 15.6 Å². The Bertz CT molecular complexity index is 1790. The number of carbonyl (C=O) groups is 1. The van der Waals surface area contributed by atoms with Crippen molar-refractivity contribution in [2.75, 3.05) is 11.1 Å². The third kappa shape index (κ3) is 4.46. The second-order valence-electron chi connectivity index (χ2n) is 10.3. The largest absolute Gasteiger partial charge is 0.416 e. The molecule has 0 saturated heterocycles. The van der Waals surface area contributed by atoms with Gasteiger partial charge in [0, 0.05) is 42.2 Å². The molecule has 1 aliphatic carbocycles. The molecule has 4 aromatic heterocycles. The Morgan fingerprint density at radius 1 is 0.976 bits per heavy atom. The third-order valence-electron chi connectivity index (χ3n) is 7.61. The SMILES string of the molecule is Nc1nccn2c([C@H]3CCCn4c(C5CC5)nnc43)nc(-c3ccc(C(=O)Nc4cc(C(F)(F)F)ccn4)cc3)c12. The van der Waals surface area contributed by atoms with E-state index in [4.69, 9.17) is 10.7 Å². The van der Waals surface area contributed by atoms with Crippen molar-refractivity contribution in [3.8, 4) is 11.3 Å². The molecule has 41 heavy (non-hydrogen) atoms. The van der Waals surface area contributed by atoms with E-state index in [2.05, 4.69) is 30.0 Å². The molecule has 1 fully saturated rings. The molecule has 3 N–H and O–H groups in total. The summed E-state index contributed by atoms with van der Waals surface area (Å²) in [6.07, 6.45) is 4.06. The molecule has 1 aliphatic heterocycles. The lowest BCUT2D eigenvalue weighted by atomic mass is 9.98. The molecule has 0 unspecified atom stereocenters. The van der Waals surface area contributed by atoms with Crippen LogP contribution in [0.4, 0.5) is 24.8 Å². The molecular formula is C28H24F3N9O.